The highest BCUT2D eigenvalue weighted by atomic mass is 14.3. The van der Waals surface area contributed by atoms with Crippen LogP contribution in [0, 0.1) is 289 Å². The van der Waals surface area contributed by atoms with Crippen LogP contribution in [0.2, 0.25) is 0 Å². The first-order valence-corrected chi connectivity index (χ1v) is 27.6. The second-order valence-electron chi connectivity index (χ2n) is 20.8. The molecule has 0 aliphatic heterocycles. The lowest BCUT2D eigenvalue weighted by Crippen LogP contribution is -2.09. The fraction of sp³-hybridized carbons (Fsp3) is 0.238. The van der Waals surface area contributed by atoms with E-state index < -0.39 is 0 Å². The average Bonchev–Trinajstić information content (AvgIpc) is 0.736. The molecule has 7 aromatic carbocycles. The number of hydrogen-bond acceptors (Lipinski definition) is 0. The van der Waals surface area contributed by atoms with Gasteiger partial charge in [-0.1, -0.05) is 53.3 Å². The molecule has 0 radical (unpaired) electrons. The van der Waals surface area contributed by atoms with Gasteiger partial charge in [-0.15, -0.1) is 18.8 Å². The van der Waals surface area contributed by atoms with Gasteiger partial charge in [0, 0.05) is 38.4 Å². The second kappa shape index (κ2) is 25.6. The first-order chi connectivity index (χ1) is 40.3. The Bertz CT molecular complexity index is 5120. The summed E-state index contributed by atoms with van der Waals surface area (Å²) in [6.07, 6.45) is 11.8. The average molecular weight is 1070 g/mol. The lowest BCUT2D eigenvalue weighted by atomic mass is 9.72. The Hall–Kier alpha value is -11.0. The molecule has 84 heavy (non-hydrogen) atoms. The Morgan fingerprint density at radius 1 is 0.179 bits per heavy atom. The quantitative estimate of drug-likeness (QED) is 0.0920. The van der Waals surface area contributed by atoms with Crippen LogP contribution in [0.3, 0.4) is 0 Å². The van der Waals surface area contributed by atoms with Crippen molar-refractivity contribution in [3.8, 4) is 201 Å². The second-order valence-corrected chi connectivity index (χ2v) is 20.8. The van der Waals surface area contributed by atoms with E-state index in [-0.39, 0.29) is 0 Å². The molecule has 0 saturated heterocycles. The maximum absolute atomic E-state index is 6.07. The molecule has 7 aromatic rings. The molecule has 0 aliphatic rings. The third kappa shape index (κ3) is 10.4. The Kier molecular flexibility index (Phi) is 18.5. The highest BCUT2D eigenvalue weighted by molar-refractivity contribution is 6.31. The number of aryl methyl sites for hydroxylation is 6. The molecule has 0 unspecified atom stereocenters. The molecule has 0 fully saturated rings. The summed E-state index contributed by atoms with van der Waals surface area (Å²) in [4.78, 5) is 0. The molecular formula is C84H62. The van der Waals surface area contributed by atoms with Gasteiger partial charge < -0.3 is 0 Å². The summed E-state index contributed by atoms with van der Waals surface area (Å²) < 4.78 is 0. The fourth-order valence-corrected chi connectivity index (χ4v) is 11.9. The minimum atomic E-state index is 0.483. The van der Waals surface area contributed by atoms with Crippen molar-refractivity contribution in [2.45, 2.75) is 138 Å². The highest BCUT2D eigenvalue weighted by Gasteiger charge is 2.33. The van der Waals surface area contributed by atoms with Gasteiger partial charge in [0.25, 0.3) is 0 Å². The Morgan fingerprint density at radius 2 is 0.500 bits per heavy atom. The van der Waals surface area contributed by atoms with Gasteiger partial charge in [0.1, 0.15) is 0 Å². The van der Waals surface area contributed by atoms with Crippen LogP contribution in [0.5, 0.6) is 0 Å². The van der Waals surface area contributed by atoms with Crippen molar-refractivity contribution in [3.63, 3.8) is 0 Å². The van der Waals surface area contributed by atoms with Crippen molar-refractivity contribution in [2.75, 3.05) is 0 Å². The smallest absolute Gasteiger partial charge is 0.0582 e. The Labute approximate surface area is 502 Å². The standard InChI is InChI=1S/C84H62/c1-23-29-34-37-38-40-43-47-68-66(22)74-65(21)58(14)67(45-28-6)70(46-33-27-5)80(74)81-71(49-41-32-26-4)69(48-42-36-31-25-3)72(50-44-39-35-30-24-2)82(79(68)81)84-77-63(19)56(12)54(10)61(17)75(77)83(73-59(15)52(8)51(7)53(9)60(73)16)76-62(18)55(11)57(13)64(20)78(76)84/h3,5H,1-2,4,6-22H3. The molecule has 398 valence electrons. The first-order valence-electron chi connectivity index (χ1n) is 27.6. The zero-order chi connectivity index (χ0) is 61.4. The summed E-state index contributed by atoms with van der Waals surface area (Å²) in [5.74, 6) is 86.2. The molecule has 0 nitrogen and oxygen atoms in total. The predicted octanol–water partition coefficient (Wildman–Crippen LogP) is 16.0. The van der Waals surface area contributed by atoms with Gasteiger partial charge in [-0.05, 0) is 378 Å². The molecule has 0 spiro atoms. The third-order valence-electron chi connectivity index (χ3n) is 17.1. The van der Waals surface area contributed by atoms with Crippen molar-refractivity contribution in [1.82, 2.24) is 0 Å². The zero-order valence-electron chi connectivity index (χ0n) is 52.2. The number of benzene rings is 7. The summed E-state index contributed by atoms with van der Waals surface area (Å²) in [7, 11) is 0. The minimum Gasteiger partial charge on any atom is -0.106 e. The monoisotopic (exact) mass is 1070 g/mol. The van der Waals surface area contributed by atoms with E-state index in [9.17, 15) is 0 Å². The summed E-state index contributed by atoms with van der Waals surface area (Å²) in [5.41, 5.74) is 26.3. The van der Waals surface area contributed by atoms with Crippen LogP contribution in [0.4, 0.5) is 0 Å². The summed E-state index contributed by atoms with van der Waals surface area (Å²) in [6.45, 7) is 42.8. The molecule has 0 N–H and O–H groups in total. The Morgan fingerprint density at radius 3 is 0.964 bits per heavy atom. The van der Waals surface area contributed by atoms with E-state index in [0.717, 1.165) is 82.2 Å². The van der Waals surface area contributed by atoms with Gasteiger partial charge in [0.15, 0.2) is 0 Å². The molecular weight excluding hydrogens is 1010 g/mol. The molecule has 7 rings (SSSR count). The van der Waals surface area contributed by atoms with Gasteiger partial charge in [-0.3, -0.25) is 0 Å². The minimum absolute atomic E-state index is 0.483. The summed E-state index contributed by atoms with van der Waals surface area (Å²) in [5, 5.41) is 7.57. The Balaban J connectivity index is 2.20. The van der Waals surface area contributed by atoms with E-state index in [2.05, 4.69) is 277 Å². The summed E-state index contributed by atoms with van der Waals surface area (Å²) >= 11 is 0. The number of hydrogen-bond donors (Lipinski definition) is 0. The number of fused-ring (bicyclic) bond motifs is 5. The molecule has 0 amide bonds. The van der Waals surface area contributed by atoms with Gasteiger partial charge >= 0.3 is 0 Å². The van der Waals surface area contributed by atoms with Crippen LogP contribution in [0.25, 0.3) is 65.3 Å². The number of rotatable bonds is 2. The van der Waals surface area contributed by atoms with Crippen molar-refractivity contribution < 1.29 is 0 Å². The first kappa shape index (κ1) is 60.6. The van der Waals surface area contributed by atoms with Gasteiger partial charge in [0.05, 0.1) is 16.7 Å². The van der Waals surface area contributed by atoms with E-state index in [1.807, 2.05) is 6.92 Å². The fourth-order valence-electron chi connectivity index (χ4n) is 11.9. The van der Waals surface area contributed by atoms with E-state index in [4.69, 9.17) is 12.8 Å². The molecule has 0 bridgehead atoms. The van der Waals surface area contributed by atoms with Crippen molar-refractivity contribution in [3.05, 3.63) is 122 Å². The molecule has 0 atom stereocenters. The van der Waals surface area contributed by atoms with E-state index >= 15 is 0 Å². The van der Waals surface area contributed by atoms with Gasteiger partial charge in [-0.25, -0.2) is 0 Å². The van der Waals surface area contributed by atoms with Gasteiger partial charge in [-0.2, -0.15) is 0 Å². The van der Waals surface area contributed by atoms with Crippen LogP contribution < -0.4 is 0 Å². The normalized spacial score (nSPS) is 9.36. The molecule has 0 heteroatoms. The molecule has 0 heterocycles. The summed E-state index contributed by atoms with van der Waals surface area (Å²) in [6, 6.07) is 0. The zero-order valence-corrected chi connectivity index (χ0v) is 52.2. The topological polar surface area (TPSA) is 0 Å². The van der Waals surface area contributed by atoms with Crippen molar-refractivity contribution in [1.29, 1.82) is 0 Å². The SMILES string of the molecule is C#CC#CC#Cc1c(C#CC#CC#CC)c(-c2c3c(C)c(C)c(C)c(C)c3c(-c3c(C)c(C)c(C)c(C)c3C)c3c(C)c(C)c(C)c(C)c23)c2c(C#CC#CC#CC#CC)c(C)c3c(C)c(C)c(C#CC)c(C#CC#C)c3c2c1C#CC#CC. The van der Waals surface area contributed by atoms with Crippen LogP contribution >= 0.6 is 0 Å². The third-order valence-corrected chi connectivity index (χ3v) is 17.1. The van der Waals surface area contributed by atoms with E-state index in [1.165, 1.54) is 72.3 Å². The molecule has 0 aliphatic carbocycles. The molecule has 0 aromatic heterocycles. The molecule has 0 saturated carbocycles. The van der Waals surface area contributed by atoms with Crippen LogP contribution in [-0.2, 0) is 0 Å². The lowest BCUT2D eigenvalue weighted by molar-refractivity contribution is 1.18. The maximum Gasteiger partial charge on any atom is 0.0582 e. The maximum atomic E-state index is 6.07. The van der Waals surface area contributed by atoms with E-state index in [0.29, 0.717) is 33.2 Å². The van der Waals surface area contributed by atoms with Crippen LogP contribution in [0.1, 0.15) is 150 Å². The van der Waals surface area contributed by atoms with Gasteiger partial charge in [0.2, 0.25) is 0 Å². The number of terminal acetylenes is 2. The highest BCUT2D eigenvalue weighted by Crippen LogP contribution is 2.56. The van der Waals surface area contributed by atoms with Crippen LogP contribution in [0.15, 0.2) is 0 Å². The lowest BCUT2D eigenvalue weighted by Gasteiger charge is -2.30. The van der Waals surface area contributed by atoms with Crippen molar-refractivity contribution >= 4 is 43.1 Å². The largest absolute Gasteiger partial charge is 0.106 e. The van der Waals surface area contributed by atoms with E-state index in [1.54, 1.807) is 20.8 Å². The van der Waals surface area contributed by atoms with Crippen LogP contribution in [-0.4, -0.2) is 0 Å². The van der Waals surface area contributed by atoms with Crippen molar-refractivity contribution in [2.24, 2.45) is 0 Å². The predicted molar refractivity (Wildman–Crippen MR) is 359 cm³/mol.